The first-order valence-electron chi connectivity index (χ1n) is 6.59. The summed E-state index contributed by atoms with van der Waals surface area (Å²) in [5.74, 6) is 0.968. The average Bonchev–Trinajstić information content (AvgIpc) is 2.98. The Kier molecular flexibility index (Phi) is 5.10. The van der Waals surface area contributed by atoms with E-state index in [-0.39, 0.29) is 0 Å². The van der Waals surface area contributed by atoms with E-state index in [0.29, 0.717) is 31.1 Å². The minimum atomic E-state index is 0.327. The summed E-state index contributed by atoms with van der Waals surface area (Å²) in [7, 11) is 1.76. The van der Waals surface area contributed by atoms with Crippen molar-refractivity contribution >= 4 is 11.9 Å². The van der Waals surface area contributed by atoms with Gasteiger partial charge in [-0.25, -0.2) is 0 Å². The van der Waals surface area contributed by atoms with Gasteiger partial charge in [-0.2, -0.15) is 20.1 Å². The Morgan fingerprint density at radius 2 is 2.10 bits per heavy atom. The van der Waals surface area contributed by atoms with E-state index in [1.165, 1.54) is 0 Å². The van der Waals surface area contributed by atoms with Crippen LogP contribution < -0.4 is 15.4 Å². The highest BCUT2D eigenvalue weighted by molar-refractivity contribution is 5.35. The van der Waals surface area contributed by atoms with Gasteiger partial charge in [-0.15, -0.1) is 0 Å². The molecule has 0 radical (unpaired) electrons. The monoisotopic (exact) mass is 277 g/mol. The molecule has 8 nitrogen and oxygen atoms in total. The van der Waals surface area contributed by atoms with Crippen molar-refractivity contribution in [2.75, 3.05) is 30.8 Å². The van der Waals surface area contributed by atoms with Crippen LogP contribution in [0.1, 0.15) is 13.3 Å². The lowest BCUT2D eigenvalue weighted by atomic mass is 10.5. The van der Waals surface area contributed by atoms with Crippen molar-refractivity contribution in [3.8, 4) is 6.01 Å². The number of rotatable bonds is 8. The Labute approximate surface area is 117 Å². The van der Waals surface area contributed by atoms with E-state index >= 15 is 0 Å². The zero-order valence-corrected chi connectivity index (χ0v) is 11.7. The SMILES string of the molecule is CCCOc1nc(NC)nc(NCCn2cccn2)n1. The third-order valence-corrected chi connectivity index (χ3v) is 2.46. The summed E-state index contributed by atoms with van der Waals surface area (Å²) in [6.07, 6.45) is 4.56. The van der Waals surface area contributed by atoms with E-state index in [4.69, 9.17) is 4.74 Å². The molecule has 2 aromatic heterocycles. The zero-order chi connectivity index (χ0) is 14.2. The molecule has 0 saturated carbocycles. The summed E-state index contributed by atoms with van der Waals surface area (Å²) in [4.78, 5) is 12.6. The van der Waals surface area contributed by atoms with E-state index in [2.05, 4.69) is 30.7 Å². The van der Waals surface area contributed by atoms with Crippen LogP contribution in [0.2, 0.25) is 0 Å². The van der Waals surface area contributed by atoms with Crippen molar-refractivity contribution in [3.63, 3.8) is 0 Å². The Hall–Kier alpha value is -2.38. The molecule has 0 aliphatic carbocycles. The second kappa shape index (κ2) is 7.27. The number of ether oxygens (including phenoxy) is 1. The van der Waals surface area contributed by atoms with Gasteiger partial charge in [0.25, 0.3) is 0 Å². The van der Waals surface area contributed by atoms with Crippen LogP contribution in [0, 0.1) is 0 Å². The smallest absolute Gasteiger partial charge is 0.323 e. The molecule has 0 aromatic carbocycles. The molecular formula is C12H19N7O. The number of hydrogen-bond acceptors (Lipinski definition) is 7. The van der Waals surface area contributed by atoms with Crippen LogP contribution in [0.15, 0.2) is 18.5 Å². The van der Waals surface area contributed by atoms with Gasteiger partial charge < -0.3 is 15.4 Å². The maximum Gasteiger partial charge on any atom is 0.323 e. The second-order valence-corrected chi connectivity index (χ2v) is 4.06. The van der Waals surface area contributed by atoms with Crippen LogP contribution in [0.3, 0.4) is 0 Å². The highest BCUT2D eigenvalue weighted by atomic mass is 16.5. The fourth-order valence-electron chi connectivity index (χ4n) is 1.52. The van der Waals surface area contributed by atoms with Crippen molar-refractivity contribution < 1.29 is 4.74 Å². The van der Waals surface area contributed by atoms with E-state index < -0.39 is 0 Å². The lowest BCUT2D eigenvalue weighted by Crippen LogP contribution is -2.14. The molecule has 0 fully saturated rings. The van der Waals surface area contributed by atoms with Gasteiger partial charge in [0.15, 0.2) is 0 Å². The highest BCUT2D eigenvalue weighted by Gasteiger charge is 2.06. The predicted octanol–water partition coefficient (Wildman–Crippen LogP) is 1.01. The summed E-state index contributed by atoms with van der Waals surface area (Å²) in [6, 6.07) is 2.21. The third kappa shape index (κ3) is 4.08. The second-order valence-electron chi connectivity index (χ2n) is 4.06. The molecule has 0 aliphatic rings. The van der Waals surface area contributed by atoms with Gasteiger partial charge in [0, 0.05) is 26.0 Å². The van der Waals surface area contributed by atoms with Crippen molar-refractivity contribution in [1.29, 1.82) is 0 Å². The normalized spacial score (nSPS) is 10.3. The number of nitrogens with one attached hydrogen (secondary N) is 2. The first-order valence-corrected chi connectivity index (χ1v) is 6.59. The van der Waals surface area contributed by atoms with Gasteiger partial charge in [0.1, 0.15) is 0 Å². The molecule has 20 heavy (non-hydrogen) atoms. The number of anilines is 2. The molecule has 2 rings (SSSR count). The molecule has 0 atom stereocenters. The molecule has 0 bridgehead atoms. The Morgan fingerprint density at radius 1 is 1.25 bits per heavy atom. The number of hydrogen-bond donors (Lipinski definition) is 2. The lowest BCUT2D eigenvalue weighted by Gasteiger charge is -2.09. The summed E-state index contributed by atoms with van der Waals surface area (Å²) < 4.78 is 7.27. The highest BCUT2D eigenvalue weighted by Crippen LogP contribution is 2.10. The average molecular weight is 277 g/mol. The number of nitrogens with zero attached hydrogens (tertiary/aromatic N) is 5. The van der Waals surface area contributed by atoms with E-state index in [9.17, 15) is 0 Å². The van der Waals surface area contributed by atoms with Gasteiger partial charge in [-0.1, -0.05) is 6.92 Å². The first-order chi connectivity index (χ1) is 9.81. The topological polar surface area (TPSA) is 89.8 Å². The van der Waals surface area contributed by atoms with Gasteiger partial charge in [0.05, 0.1) is 13.2 Å². The van der Waals surface area contributed by atoms with Gasteiger partial charge in [-0.05, 0) is 12.5 Å². The van der Waals surface area contributed by atoms with Gasteiger partial charge >= 0.3 is 6.01 Å². The summed E-state index contributed by atoms with van der Waals surface area (Å²) >= 11 is 0. The third-order valence-electron chi connectivity index (χ3n) is 2.46. The summed E-state index contributed by atoms with van der Waals surface area (Å²) in [5, 5.41) is 10.1. The fourth-order valence-corrected chi connectivity index (χ4v) is 1.52. The molecule has 0 amide bonds. The van der Waals surface area contributed by atoms with Gasteiger partial charge in [-0.3, -0.25) is 4.68 Å². The molecule has 2 heterocycles. The maximum absolute atomic E-state index is 5.43. The molecule has 8 heteroatoms. The predicted molar refractivity (Wildman–Crippen MR) is 75.9 cm³/mol. The van der Waals surface area contributed by atoms with E-state index in [1.807, 2.05) is 23.9 Å². The lowest BCUT2D eigenvalue weighted by molar-refractivity contribution is 0.292. The Balaban J connectivity index is 1.94. The van der Waals surface area contributed by atoms with Crippen LogP contribution >= 0.6 is 0 Å². The molecule has 0 spiro atoms. The molecule has 0 unspecified atom stereocenters. The standard InChI is InChI=1S/C12H19N7O/c1-3-9-20-12-17-10(13-2)16-11(18-12)14-6-8-19-7-4-5-15-19/h4-5,7H,3,6,8-9H2,1-2H3,(H2,13,14,16,17,18). The Morgan fingerprint density at radius 3 is 2.80 bits per heavy atom. The largest absolute Gasteiger partial charge is 0.463 e. The van der Waals surface area contributed by atoms with Crippen molar-refractivity contribution in [3.05, 3.63) is 18.5 Å². The zero-order valence-electron chi connectivity index (χ0n) is 11.7. The van der Waals surface area contributed by atoms with Crippen molar-refractivity contribution in [2.24, 2.45) is 0 Å². The molecule has 0 saturated heterocycles. The van der Waals surface area contributed by atoms with Crippen molar-refractivity contribution in [2.45, 2.75) is 19.9 Å². The minimum Gasteiger partial charge on any atom is -0.463 e. The molecule has 2 aromatic rings. The van der Waals surface area contributed by atoms with Crippen LogP contribution in [0.5, 0.6) is 6.01 Å². The molecule has 108 valence electrons. The first kappa shape index (κ1) is 14.0. The number of aromatic nitrogens is 5. The van der Waals surface area contributed by atoms with Crippen LogP contribution in [-0.2, 0) is 6.54 Å². The maximum atomic E-state index is 5.43. The minimum absolute atomic E-state index is 0.327. The van der Waals surface area contributed by atoms with E-state index in [1.54, 1.807) is 13.2 Å². The summed E-state index contributed by atoms with van der Waals surface area (Å²) in [5.41, 5.74) is 0. The van der Waals surface area contributed by atoms with Crippen LogP contribution in [-0.4, -0.2) is 44.9 Å². The van der Waals surface area contributed by atoms with Crippen LogP contribution in [0.4, 0.5) is 11.9 Å². The quantitative estimate of drug-likeness (QED) is 0.744. The summed E-state index contributed by atoms with van der Waals surface area (Å²) in [6.45, 7) is 4.02. The molecule has 0 aliphatic heterocycles. The van der Waals surface area contributed by atoms with E-state index in [0.717, 1.165) is 13.0 Å². The van der Waals surface area contributed by atoms with Crippen molar-refractivity contribution in [1.82, 2.24) is 24.7 Å². The van der Waals surface area contributed by atoms with Gasteiger partial charge in [0.2, 0.25) is 11.9 Å². The van der Waals surface area contributed by atoms with Crippen LogP contribution in [0.25, 0.3) is 0 Å². The Bertz CT molecular complexity index is 515. The molecular weight excluding hydrogens is 258 g/mol. The molecule has 2 N–H and O–H groups in total. The fraction of sp³-hybridized carbons (Fsp3) is 0.500.